The minimum atomic E-state index is -0.283. The third-order valence-electron chi connectivity index (χ3n) is 3.76. The van der Waals surface area contributed by atoms with E-state index in [1.165, 1.54) is 5.56 Å². The fourth-order valence-corrected chi connectivity index (χ4v) is 2.93. The lowest BCUT2D eigenvalue weighted by Gasteiger charge is -2.22. The summed E-state index contributed by atoms with van der Waals surface area (Å²) in [6.07, 6.45) is 0. The zero-order valence-electron chi connectivity index (χ0n) is 12.2. The van der Waals surface area contributed by atoms with E-state index in [1.807, 2.05) is 6.07 Å². The van der Waals surface area contributed by atoms with Gasteiger partial charge in [0.05, 0.1) is 6.04 Å². The standard InChI is InChI=1S/C17H18ClNO2/c1-10-3-4-12(11(2)7-10)17(19)13-8-15-16(9-14(13)18)21-6-5-20-15/h3-4,7-9,17H,5-6,19H2,1-2H3. The quantitative estimate of drug-likeness (QED) is 0.918. The van der Waals surface area contributed by atoms with Crippen molar-refractivity contribution in [3.05, 3.63) is 57.6 Å². The van der Waals surface area contributed by atoms with Crippen LogP contribution in [0.5, 0.6) is 11.5 Å². The Hall–Kier alpha value is -1.71. The third kappa shape index (κ3) is 2.71. The molecule has 0 radical (unpaired) electrons. The van der Waals surface area contributed by atoms with E-state index < -0.39 is 0 Å². The minimum absolute atomic E-state index is 0.283. The maximum atomic E-state index is 6.42. The highest BCUT2D eigenvalue weighted by Gasteiger charge is 2.20. The predicted octanol–water partition coefficient (Wildman–Crippen LogP) is 3.78. The molecule has 0 fully saturated rings. The summed E-state index contributed by atoms with van der Waals surface area (Å²) in [5, 5.41) is 0.603. The van der Waals surface area contributed by atoms with E-state index in [9.17, 15) is 0 Å². The maximum absolute atomic E-state index is 6.42. The van der Waals surface area contributed by atoms with E-state index in [-0.39, 0.29) is 6.04 Å². The van der Waals surface area contributed by atoms with Crippen LogP contribution in [0, 0.1) is 13.8 Å². The van der Waals surface area contributed by atoms with E-state index in [4.69, 9.17) is 26.8 Å². The highest BCUT2D eigenvalue weighted by molar-refractivity contribution is 6.31. The van der Waals surface area contributed by atoms with Gasteiger partial charge in [0.15, 0.2) is 11.5 Å². The van der Waals surface area contributed by atoms with Crippen LogP contribution < -0.4 is 15.2 Å². The molecule has 0 bridgehead atoms. The molecule has 0 aliphatic carbocycles. The zero-order chi connectivity index (χ0) is 15.0. The van der Waals surface area contributed by atoms with Gasteiger partial charge in [-0.3, -0.25) is 0 Å². The van der Waals surface area contributed by atoms with Crippen LogP contribution >= 0.6 is 11.6 Å². The molecule has 0 aromatic heterocycles. The van der Waals surface area contributed by atoms with Crippen molar-refractivity contribution in [1.29, 1.82) is 0 Å². The number of hydrogen-bond acceptors (Lipinski definition) is 3. The molecule has 1 heterocycles. The Morgan fingerprint density at radius 3 is 2.33 bits per heavy atom. The molecule has 0 spiro atoms. The summed E-state index contributed by atoms with van der Waals surface area (Å²) in [5.41, 5.74) is 10.7. The van der Waals surface area contributed by atoms with Crippen LogP contribution in [0.4, 0.5) is 0 Å². The molecule has 3 rings (SSSR count). The lowest BCUT2D eigenvalue weighted by molar-refractivity contribution is 0.171. The molecule has 1 aliphatic heterocycles. The van der Waals surface area contributed by atoms with E-state index in [0.29, 0.717) is 29.7 Å². The van der Waals surface area contributed by atoms with Crippen LogP contribution in [0.2, 0.25) is 5.02 Å². The van der Waals surface area contributed by atoms with Gasteiger partial charge < -0.3 is 15.2 Å². The molecule has 21 heavy (non-hydrogen) atoms. The molecule has 4 heteroatoms. The van der Waals surface area contributed by atoms with Crippen molar-refractivity contribution in [2.45, 2.75) is 19.9 Å². The predicted molar refractivity (Wildman–Crippen MR) is 84.4 cm³/mol. The Kier molecular flexibility index (Phi) is 3.79. The highest BCUT2D eigenvalue weighted by Crippen LogP contribution is 2.39. The number of aryl methyl sites for hydroxylation is 2. The lowest BCUT2D eigenvalue weighted by Crippen LogP contribution is -2.18. The van der Waals surface area contributed by atoms with Crippen LogP contribution in [0.25, 0.3) is 0 Å². The summed E-state index contributed by atoms with van der Waals surface area (Å²) in [6, 6.07) is 9.64. The van der Waals surface area contributed by atoms with Crippen molar-refractivity contribution >= 4 is 11.6 Å². The summed E-state index contributed by atoms with van der Waals surface area (Å²) in [5.74, 6) is 1.39. The van der Waals surface area contributed by atoms with Gasteiger partial charge in [-0.2, -0.15) is 0 Å². The molecule has 2 N–H and O–H groups in total. The van der Waals surface area contributed by atoms with Crippen molar-refractivity contribution in [3.8, 4) is 11.5 Å². The summed E-state index contributed by atoms with van der Waals surface area (Å²) in [7, 11) is 0. The second-order valence-electron chi connectivity index (χ2n) is 5.36. The molecular formula is C17H18ClNO2. The molecule has 1 aliphatic rings. The van der Waals surface area contributed by atoms with E-state index in [1.54, 1.807) is 6.07 Å². The normalized spacial score (nSPS) is 14.9. The van der Waals surface area contributed by atoms with Gasteiger partial charge >= 0.3 is 0 Å². The third-order valence-corrected chi connectivity index (χ3v) is 4.08. The van der Waals surface area contributed by atoms with Crippen LogP contribution in [0.3, 0.4) is 0 Å². The Morgan fingerprint density at radius 1 is 1.00 bits per heavy atom. The molecule has 0 amide bonds. The number of rotatable bonds is 2. The van der Waals surface area contributed by atoms with Crippen molar-refractivity contribution in [2.75, 3.05) is 13.2 Å². The average Bonchev–Trinajstić information content (AvgIpc) is 2.46. The van der Waals surface area contributed by atoms with E-state index in [2.05, 4.69) is 32.0 Å². The first-order chi connectivity index (χ1) is 10.1. The smallest absolute Gasteiger partial charge is 0.162 e. The molecule has 0 saturated heterocycles. The number of hydrogen-bond donors (Lipinski definition) is 1. The molecule has 3 nitrogen and oxygen atoms in total. The monoisotopic (exact) mass is 303 g/mol. The fourth-order valence-electron chi connectivity index (χ4n) is 2.66. The van der Waals surface area contributed by atoms with Gasteiger partial charge in [0.1, 0.15) is 13.2 Å². The number of halogens is 1. The zero-order valence-corrected chi connectivity index (χ0v) is 12.9. The summed E-state index contributed by atoms with van der Waals surface area (Å²) in [4.78, 5) is 0. The van der Waals surface area contributed by atoms with Gasteiger partial charge in [-0.05, 0) is 36.6 Å². The molecule has 110 valence electrons. The number of fused-ring (bicyclic) bond motifs is 1. The molecular weight excluding hydrogens is 286 g/mol. The molecule has 0 saturated carbocycles. The SMILES string of the molecule is Cc1ccc(C(N)c2cc3c(cc2Cl)OCCO3)c(C)c1. The first-order valence-corrected chi connectivity index (χ1v) is 7.36. The van der Waals surface area contributed by atoms with Crippen LogP contribution in [0.1, 0.15) is 28.3 Å². The van der Waals surface area contributed by atoms with Crippen molar-refractivity contribution in [2.24, 2.45) is 5.73 Å². The van der Waals surface area contributed by atoms with Crippen LogP contribution in [0.15, 0.2) is 30.3 Å². The number of ether oxygens (including phenoxy) is 2. The summed E-state index contributed by atoms with van der Waals surface area (Å²) in [6.45, 7) is 5.23. The van der Waals surface area contributed by atoms with Crippen LogP contribution in [-0.2, 0) is 0 Å². The van der Waals surface area contributed by atoms with Crippen molar-refractivity contribution < 1.29 is 9.47 Å². The average molecular weight is 304 g/mol. The topological polar surface area (TPSA) is 44.5 Å². The van der Waals surface area contributed by atoms with Crippen molar-refractivity contribution in [1.82, 2.24) is 0 Å². The number of nitrogens with two attached hydrogens (primary N) is 1. The van der Waals surface area contributed by atoms with E-state index in [0.717, 1.165) is 16.7 Å². The number of benzene rings is 2. The summed E-state index contributed by atoms with van der Waals surface area (Å²) >= 11 is 6.37. The Morgan fingerprint density at radius 2 is 1.67 bits per heavy atom. The van der Waals surface area contributed by atoms with Gasteiger partial charge in [0, 0.05) is 11.1 Å². The first-order valence-electron chi connectivity index (χ1n) is 6.98. The minimum Gasteiger partial charge on any atom is -0.486 e. The Balaban J connectivity index is 2.03. The summed E-state index contributed by atoms with van der Waals surface area (Å²) < 4.78 is 11.1. The Labute approximate surface area is 129 Å². The molecule has 2 aromatic rings. The molecule has 2 aromatic carbocycles. The second-order valence-corrected chi connectivity index (χ2v) is 5.76. The highest BCUT2D eigenvalue weighted by atomic mass is 35.5. The van der Waals surface area contributed by atoms with Gasteiger partial charge in [0.2, 0.25) is 0 Å². The fraction of sp³-hybridized carbons (Fsp3) is 0.294. The van der Waals surface area contributed by atoms with Crippen molar-refractivity contribution in [3.63, 3.8) is 0 Å². The van der Waals surface area contributed by atoms with Gasteiger partial charge in [-0.15, -0.1) is 0 Å². The van der Waals surface area contributed by atoms with Crippen LogP contribution in [-0.4, -0.2) is 13.2 Å². The first kappa shape index (κ1) is 14.2. The van der Waals surface area contributed by atoms with Gasteiger partial charge in [0.25, 0.3) is 0 Å². The maximum Gasteiger partial charge on any atom is 0.162 e. The molecule has 1 unspecified atom stereocenters. The Bertz CT molecular complexity index is 685. The van der Waals surface area contributed by atoms with E-state index >= 15 is 0 Å². The molecule has 1 atom stereocenters. The van der Waals surface area contributed by atoms with Gasteiger partial charge in [-0.1, -0.05) is 35.4 Å². The lowest BCUT2D eigenvalue weighted by atomic mass is 9.94. The van der Waals surface area contributed by atoms with Gasteiger partial charge in [-0.25, -0.2) is 0 Å². The second kappa shape index (κ2) is 5.58. The largest absolute Gasteiger partial charge is 0.486 e.